The Balaban J connectivity index is 2.50. The van der Waals surface area contributed by atoms with Crippen LogP contribution in [-0.4, -0.2) is 13.3 Å². The number of alkyl halides is 2. The van der Waals surface area contributed by atoms with Crippen LogP contribution >= 0.6 is 0 Å². The van der Waals surface area contributed by atoms with Gasteiger partial charge in [0.1, 0.15) is 0 Å². The molecule has 0 bridgehead atoms. The first-order chi connectivity index (χ1) is 6.86. The molecule has 0 aliphatic carbocycles. The van der Waals surface area contributed by atoms with Gasteiger partial charge in [-0.25, -0.2) is 0 Å². The smallest absolute Gasteiger partial charge is 0.0897 e. The minimum absolute atomic E-state index is 0.269. The molecular weight excluding hydrogens is 182 g/mol. The van der Waals surface area contributed by atoms with Gasteiger partial charge in [-0.2, -0.15) is 0 Å². The molecule has 2 heteroatoms. The molecule has 0 aliphatic heterocycles. The highest BCUT2D eigenvalue weighted by molar-refractivity contribution is 5.23. The molecule has 0 saturated carbocycles. The van der Waals surface area contributed by atoms with Gasteiger partial charge in [-0.05, 0) is 36.8 Å². The van der Waals surface area contributed by atoms with E-state index >= 15 is 0 Å². The summed E-state index contributed by atoms with van der Waals surface area (Å²) >= 11 is 0. The van der Waals surface area contributed by atoms with Gasteiger partial charge in [-0.1, -0.05) is 24.3 Å². The Morgan fingerprint density at radius 3 is 1.79 bits per heavy atom. The van der Waals surface area contributed by atoms with Crippen LogP contribution in [0.5, 0.6) is 0 Å². The SMILES string of the molecule is FCCCc1cccc(CCCF)c1. The topological polar surface area (TPSA) is 0 Å². The highest BCUT2D eigenvalue weighted by atomic mass is 19.1. The second kappa shape index (κ2) is 6.52. The second-order valence-corrected chi connectivity index (χ2v) is 3.41. The van der Waals surface area contributed by atoms with Crippen LogP contribution in [0, 0.1) is 0 Å². The summed E-state index contributed by atoms with van der Waals surface area (Å²) in [4.78, 5) is 0. The van der Waals surface area contributed by atoms with Crippen LogP contribution in [0.25, 0.3) is 0 Å². The predicted molar refractivity (Wildman–Crippen MR) is 55.0 cm³/mol. The maximum Gasteiger partial charge on any atom is 0.0897 e. The van der Waals surface area contributed by atoms with E-state index in [9.17, 15) is 8.78 Å². The van der Waals surface area contributed by atoms with Crippen LogP contribution in [-0.2, 0) is 12.8 Å². The summed E-state index contributed by atoms with van der Waals surface area (Å²) in [5.74, 6) is 0. The van der Waals surface area contributed by atoms with E-state index in [0.717, 1.165) is 24.0 Å². The zero-order chi connectivity index (χ0) is 10.2. The van der Waals surface area contributed by atoms with Crippen molar-refractivity contribution in [2.75, 3.05) is 13.3 Å². The lowest BCUT2D eigenvalue weighted by molar-refractivity contribution is 0.471. The van der Waals surface area contributed by atoms with Crippen molar-refractivity contribution in [3.05, 3.63) is 35.4 Å². The molecule has 0 aliphatic rings. The Morgan fingerprint density at radius 1 is 0.857 bits per heavy atom. The van der Waals surface area contributed by atoms with Crippen molar-refractivity contribution in [3.8, 4) is 0 Å². The summed E-state index contributed by atoms with van der Waals surface area (Å²) in [6.07, 6.45) is 2.71. The molecule has 0 atom stereocenters. The first-order valence-electron chi connectivity index (χ1n) is 5.06. The molecule has 0 heterocycles. The van der Waals surface area contributed by atoms with Gasteiger partial charge >= 0.3 is 0 Å². The Bertz CT molecular complexity index is 235. The van der Waals surface area contributed by atoms with E-state index < -0.39 is 0 Å². The summed E-state index contributed by atoms with van der Waals surface area (Å²) in [5, 5.41) is 0. The van der Waals surface area contributed by atoms with E-state index in [1.165, 1.54) is 0 Å². The second-order valence-electron chi connectivity index (χ2n) is 3.41. The average molecular weight is 198 g/mol. The third-order valence-electron chi connectivity index (χ3n) is 2.19. The molecule has 0 N–H and O–H groups in total. The fraction of sp³-hybridized carbons (Fsp3) is 0.500. The molecule has 0 nitrogen and oxygen atoms in total. The van der Waals surface area contributed by atoms with Crippen LogP contribution in [0.3, 0.4) is 0 Å². The van der Waals surface area contributed by atoms with Crippen molar-refractivity contribution < 1.29 is 8.78 Å². The zero-order valence-corrected chi connectivity index (χ0v) is 8.31. The highest BCUT2D eigenvalue weighted by Gasteiger charge is 1.96. The minimum atomic E-state index is -0.269. The van der Waals surface area contributed by atoms with Crippen molar-refractivity contribution in [1.82, 2.24) is 0 Å². The number of hydrogen-bond acceptors (Lipinski definition) is 0. The number of benzene rings is 1. The van der Waals surface area contributed by atoms with Gasteiger partial charge in [0.2, 0.25) is 0 Å². The van der Waals surface area contributed by atoms with Gasteiger partial charge in [0.05, 0.1) is 13.3 Å². The third kappa shape index (κ3) is 3.86. The molecule has 0 amide bonds. The van der Waals surface area contributed by atoms with Crippen molar-refractivity contribution in [3.63, 3.8) is 0 Å². The monoisotopic (exact) mass is 198 g/mol. The predicted octanol–water partition coefficient (Wildman–Crippen LogP) is 3.49. The third-order valence-corrected chi connectivity index (χ3v) is 2.19. The molecule has 0 aromatic heterocycles. The first kappa shape index (κ1) is 11.2. The molecule has 14 heavy (non-hydrogen) atoms. The molecule has 78 valence electrons. The van der Waals surface area contributed by atoms with Crippen LogP contribution in [0.1, 0.15) is 24.0 Å². The van der Waals surface area contributed by atoms with Crippen LogP contribution < -0.4 is 0 Å². The summed E-state index contributed by atoms with van der Waals surface area (Å²) in [6, 6.07) is 8.00. The van der Waals surface area contributed by atoms with Gasteiger partial charge < -0.3 is 0 Å². The van der Waals surface area contributed by atoms with Gasteiger partial charge in [0.15, 0.2) is 0 Å². The van der Waals surface area contributed by atoms with E-state index in [2.05, 4.69) is 0 Å². The lowest BCUT2D eigenvalue weighted by Gasteiger charge is -2.03. The quantitative estimate of drug-likeness (QED) is 0.656. The number of aryl methyl sites for hydroxylation is 2. The Hall–Kier alpha value is -0.920. The normalized spacial score (nSPS) is 10.4. The number of halogens is 2. The molecule has 1 rings (SSSR count). The van der Waals surface area contributed by atoms with Gasteiger partial charge in [0.25, 0.3) is 0 Å². The summed E-state index contributed by atoms with van der Waals surface area (Å²) in [5.41, 5.74) is 2.30. The molecular formula is C12H16F2. The molecule has 1 aromatic rings. The molecule has 0 saturated heterocycles. The molecule has 0 fully saturated rings. The Morgan fingerprint density at radius 2 is 1.36 bits per heavy atom. The van der Waals surface area contributed by atoms with Crippen molar-refractivity contribution in [2.24, 2.45) is 0 Å². The van der Waals surface area contributed by atoms with E-state index in [-0.39, 0.29) is 13.3 Å². The molecule has 0 spiro atoms. The fourth-order valence-electron chi connectivity index (χ4n) is 1.48. The maximum atomic E-state index is 11.9. The average Bonchev–Trinajstić information content (AvgIpc) is 2.24. The van der Waals surface area contributed by atoms with Crippen molar-refractivity contribution in [1.29, 1.82) is 0 Å². The number of hydrogen-bond donors (Lipinski definition) is 0. The standard InChI is InChI=1S/C12H16F2/c13-8-2-6-11-4-1-5-12(10-11)7-3-9-14/h1,4-5,10H,2-3,6-9H2. The maximum absolute atomic E-state index is 11.9. The largest absolute Gasteiger partial charge is 0.251 e. The van der Waals surface area contributed by atoms with E-state index in [1.54, 1.807) is 0 Å². The molecule has 0 radical (unpaired) electrons. The van der Waals surface area contributed by atoms with Gasteiger partial charge in [-0.3, -0.25) is 8.78 Å². The van der Waals surface area contributed by atoms with Crippen LogP contribution in [0.2, 0.25) is 0 Å². The number of rotatable bonds is 6. The van der Waals surface area contributed by atoms with Gasteiger partial charge in [-0.15, -0.1) is 0 Å². The Kier molecular flexibility index (Phi) is 5.20. The summed E-state index contributed by atoms with van der Waals surface area (Å²) < 4.78 is 23.9. The van der Waals surface area contributed by atoms with Crippen LogP contribution in [0.15, 0.2) is 24.3 Å². The summed E-state index contributed by atoms with van der Waals surface area (Å²) in [7, 11) is 0. The van der Waals surface area contributed by atoms with Crippen LogP contribution in [0.4, 0.5) is 8.78 Å². The van der Waals surface area contributed by atoms with E-state index in [0.29, 0.717) is 12.8 Å². The first-order valence-corrected chi connectivity index (χ1v) is 5.06. The fourth-order valence-corrected chi connectivity index (χ4v) is 1.48. The van der Waals surface area contributed by atoms with E-state index in [1.807, 2.05) is 24.3 Å². The molecule has 0 unspecified atom stereocenters. The van der Waals surface area contributed by atoms with E-state index in [4.69, 9.17) is 0 Å². The molecule has 1 aromatic carbocycles. The highest BCUT2D eigenvalue weighted by Crippen LogP contribution is 2.09. The minimum Gasteiger partial charge on any atom is -0.251 e. The van der Waals surface area contributed by atoms with Gasteiger partial charge in [0, 0.05) is 0 Å². The zero-order valence-electron chi connectivity index (χ0n) is 8.31. The summed E-state index contributed by atoms with van der Waals surface area (Å²) in [6.45, 7) is -0.538. The lowest BCUT2D eigenvalue weighted by Crippen LogP contribution is -1.91. The Labute approximate surface area is 84.0 Å². The van der Waals surface area contributed by atoms with Crippen molar-refractivity contribution >= 4 is 0 Å². The van der Waals surface area contributed by atoms with Crippen molar-refractivity contribution in [2.45, 2.75) is 25.7 Å². The lowest BCUT2D eigenvalue weighted by atomic mass is 10.0.